The van der Waals surface area contributed by atoms with Gasteiger partial charge in [0.1, 0.15) is 11.8 Å². The van der Waals surface area contributed by atoms with E-state index in [1.54, 1.807) is 12.1 Å². The Kier molecular flexibility index (Phi) is 7.07. The highest BCUT2D eigenvalue weighted by molar-refractivity contribution is 5.99. The first-order valence-corrected chi connectivity index (χ1v) is 8.64. The molecule has 6 nitrogen and oxygen atoms in total. The molecule has 0 saturated carbocycles. The minimum atomic E-state index is -4.60. The zero-order chi connectivity index (χ0) is 21.6. The zero-order valence-electron chi connectivity index (χ0n) is 15.8. The fraction of sp³-hybridized carbons (Fsp3) is 0.300. The van der Waals surface area contributed by atoms with E-state index in [2.05, 4.69) is 10.6 Å². The van der Waals surface area contributed by atoms with Gasteiger partial charge in [-0.3, -0.25) is 4.79 Å². The molecule has 0 spiro atoms. The van der Waals surface area contributed by atoms with Crippen LogP contribution in [0.15, 0.2) is 36.4 Å². The lowest BCUT2D eigenvalue weighted by atomic mass is 10.1. The van der Waals surface area contributed by atoms with E-state index in [0.29, 0.717) is 11.3 Å². The van der Waals surface area contributed by atoms with Crippen LogP contribution in [0.4, 0.5) is 18.9 Å². The summed E-state index contributed by atoms with van der Waals surface area (Å²) in [6.07, 6.45) is -5.35. The second-order valence-corrected chi connectivity index (χ2v) is 6.32. The average Bonchev–Trinajstić information content (AvgIpc) is 2.69. The molecule has 2 rings (SSSR count). The van der Waals surface area contributed by atoms with E-state index in [-0.39, 0.29) is 29.9 Å². The molecule has 0 aliphatic rings. The lowest BCUT2D eigenvalue weighted by Gasteiger charge is -2.16. The largest absolute Gasteiger partial charge is 0.495 e. The van der Waals surface area contributed by atoms with Crippen LogP contribution in [0.25, 0.3) is 0 Å². The molecule has 0 bridgehead atoms. The number of hydrogen-bond donors (Lipinski definition) is 3. The normalized spacial score (nSPS) is 12.0. The molecule has 0 unspecified atom stereocenters. The highest BCUT2D eigenvalue weighted by Crippen LogP contribution is 2.32. The Balaban J connectivity index is 2.24. The van der Waals surface area contributed by atoms with Gasteiger partial charge in [0.05, 0.1) is 29.9 Å². The first-order chi connectivity index (χ1) is 13.7. The molecule has 154 valence electrons. The summed E-state index contributed by atoms with van der Waals surface area (Å²) in [5, 5.41) is 23.8. The van der Waals surface area contributed by atoms with E-state index < -0.39 is 23.8 Å². The number of nitrogens with one attached hydrogen (secondary N) is 2. The molecule has 0 aliphatic heterocycles. The first kappa shape index (κ1) is 22.0. The summed E-state index contributed by atoms with van der Waals surface area (Å²) in [7, 11) is 1.42. The van der Waals surface area contributed by atoms with Gasteiger partial charge in [0.25, 0.3) is 5.91 Å². The molecule has 0 radical (unpaired) electrons. The van der Waals surface area contributed by atoms with Crippen molar-refractivity contribution in [3.8, 4) is 11.8 Å². The minimum Gasteiger partial charge on any atom is -0.495 e. The molecule has 2 aromatic carbocycles. The van der Waals surface area contributed by atoms with E-state index in [9.17, 15) is 23.1 Å². The molecule has 0 saturated heterocycles. The van der Waals surface area contributed by atoms with Crippen molar-refractivity contribution in [1.82, 2.24) is 5.32 Å². The predicted octanol–water partition coefficient (Wildman–Crippen LogP) is 3.31. The summed E-state index contributed by atoms with van der Waals surface area (Å²) < 4.78 is 44.2. The third-order valence-corrected chi connectivity index (χ3v) is 4.02. The van der Waals surface area contributed by atoms with Gasteiger partial charge in [-0.15, -0.1) is 0 Å². The molecule has 0 aliphatic carbocycles. The number of halogens is 3. The van der Waals surface area contributed by atoms with Crippen LogP contribution in [0.1, 0.15) is 34.0 Å². The molecule has 1 atom stereocenters. The molecule has 1 amide bonds. The number of anilines is 1. The van der Waals surface area contributed by atoms with E-state index in [4.69, 9.17) is 10.00 Å². The Hall–Kier alpha value is -3.25. The predicted molar refractivity (Wildman–Crippen MR) is 100 cm³/mol. The number of amides is 1. The molecule has 0 aromatic heterocycles. The summed E-state index contributed by atoms with van der Waals surface area (Å²) in [6.45, 7) is 1.58. The van der Waals surface area contributed by atoms with Crippen molar-refractivity contribution in [2.24, 2.45) is 0 Å². The van der Waals surface area contributed by atoms with Crippen LogP contribution in [-0.4, -0.2) is 30.8 Å². The van der Waals surface area contributed by atoms with Crippen LogP contribution >= 0.6 is 0 Å². The number of nitrogens with zero attached hydrogens (tertiary/aromatic N) is 1. The SMILES string of the molecule is COc1ccc(CNC(=O)c2cc(C(F)(F)F)ccc2NC[C@H](C)O)cc1C#N. The van der Waals surface area contributed by atoms with Crippen molar-refractivity contribution in [2.75, 3.05) is 19.0 Å². The van der Waals surface area contributed by atoms with Crippen LogP contribution in [0.3, 0.4) is 0 Å². The van der Waals surface area contributed by atoms with Crippen molar-refractivity contribution in [1.29, 1.82) is 5.26 Å². The highest BCUT2D eigenvalue weighted by atomic mass is 19.4. The van der Waals surface area contributed by atoms with Crippen molar-refractivity contribution in [3.63, 3.8) is 0 Å². The van der Waals surface area contributed by atoms with Gasteiger partial charge in [-0.05, 0) is 42.8 Å². The molecular weight excluding hydrogens is 387 g/mol. The summed E-state index contributed by atoms with van der Waals surface area (Å²) >= 11 is 0. The third kappa shape index (κ3) is 5.86. The average molecular weight is 407 g/mol. The molecule has 0 fully saturated rings. The number of carbonyl (C=O) groups excluding carboxylic acids is 1. The summed E-state index contributed by atoms with van der Waals surface area (Å²) in [5.41, 5.74) is -0.126. The lowest BCUT2D eigenvalue weighted by molar-refractivity contribution is -0.137. The second-order valence-electron chi connectivity index (χ2n) is 6.32. The molecule has 3 N–H and O–H groups in total. The van der Waals surface area contributed by atoms with Gasteiger partial charge >= 0.3 is 6.18 Å². The van der Waals surface area contributed by atoms with Gasteiger partial charge < -0.3 is 20.5 Å². The molecular formula is C20H20F3N3O3. The summed E-state index contributed by atoms with van der Waals surface area (Å²) in [4.78, 5) is 12.6. The number of rotatable bonds is 7. The topological polar surface area (TPSA) is 94.4 Å². The Labute approximate surface area is 165 Å². The maximum absolute atomic E-state index is 13.0. The molecule has 0 heterocycles. The molecule has 29 heavy (non-hydrogen) atoms. The highest BCUT2D eigenvalue weighted by Gasteiger charge is 2.31. The van der Waals surface area contributed by atoms with Gasteiger partial charge in [0.15, 0.2) is 0 Å². The van der Waals surface area contributed by atoms with E-state index in [1.165, 1.54) is 20.1 Å². The summed E-state index contributed by atoms with van der Waals surface area (Å²) in [6, 6.07) is 9.48. The number of aliphatic hydroxyl groups is 1. The number of nitriles is 1. The quantitative estimate of drug-likeness (QED) is 0.655. The Morgan fingerprint density at radius 2 is 2.00 bits per heavy atom. The number of aliphatic hydroxyl groups excluding tert-OH is 1. The Morgan fingerprint density at radius 3 is 2.59 bits per heavy atom. The fourth-order valence-corrected chi connectivity index (χ4v) is 2.55. The number of ether oxygens (including phenoxy) is 1. The van der Waals surface area contributed by atoms with Crippen LogP contribution in [0, 0.1) is 11.3 Å². The van der Waals surface area contributed by atoms with Gasteiger partial charge in [-0.25, -0.2) is 0 Å². The van der Waals surface area contributed by atoms with Crippen molar-refractivity contribution in [3.05, 3.63) is 58.7 Å². The van der Waals surface area contributed by atoms with Gasteiger partial charge in [0, 0.05) is 18.8 Å². The standard InChI is InChI=1S/C20H20F3N3O3/c1-12(27)10-25-17-5-4-15(20(21,22)23)8-16(17)19(28)26-11-13-3-6-18(29-2)14(7-13)9-24/h3-8,12,25,27H,10-11H2,1-2H3,(H,26,28)/t12-/m0/s1. The van der Waals surface area contributed by atoms with Crippen LogP contribution < -0.4 is 15.4 Å². The number of alkyl halides is 3. The summed E-state index contributed by atoms with van der Waals surface area (Å²) in [5.74, 6) is -0.344. The monoisotopic (exact) mass is 407 g/mol. The number of hydrogen-bond acceptors (Lipinski definition) is 5. The lowest BCUT2D eigenvalue weighted by Crippen LogP contribution is -2.25. The fourth-order valence-electron chi connectivity index (χ4n) is 2.55. The number of carbonyl (C=O) groups is 1. The van der Waals surface area contributed by atoms with Crippen molar-refractivity contribution >= 4 is 11.6 Å². The smallest absolute Gasteiger partial charge is 0.416 e. The van der Waals surface area contributed by atoms with Crippen molar-refractivity contribution < 1.29 is 27.8 Å². The van der Waals surface area contributed by atoms with Gasteiger partial charge in [-0.1, -0.05) is 6.07 Å². The second kappa shape index (κ2) is 9.30. The van der Waals surface area contributed by atoms with E-state index in [1.807, 2.05) is 6.07 Å². The Bertz CT molecular complexity index is 921. The Morgan fingerprint density at radius 1 is 1.28 bits per heavy atom. The van der Waals surface area contributed by atoms with Crippen LogP contribution in [0.5, 0.6) is 5.75 Å². The third-order valence-electron chi connectivity index (χ3n) is 4.02. The van der Waals surface area contributed by atoms with Gasteiger partial charge in [0.2, 0.25) is 0 Å². The van der Waals surface area contributed by atoms with E-state index >= 15 is 0 Å². The van der Waals surface area contributed by atoms with Crippen molar-refractivity contribution in [2.45, 2.75) is 25.7 Å². The first-order valence-electron chi connectivity index (χ1n) is 8.64. The van der Waals surface area contributed by atoms with Crippen LogP contribution in [0.2, 0.25) is 0 Å². The maximum atomic E-state index is 13.0. The number of benzene rings is 2. The van der Waals surface area contributed by atoms with E-state index in [0.717, 1.165) is 18.2 Å². The number of methoxy groups -OCH3 is 1. The zero-order valence-corrected chi connectivity index (χ0v) is 15.8. The van der Waals surface area contributed by atoms with Gasteiger partial charge in [-0.2, -0.15) is 18.4 Å². The van der Waals surface area contributed by atoms with Crippen LogP contribution in [-0.2, 0) is 12.7 Å². The minimum absolute atomic E-state index is 0.00357. The maximum Gasteiger partial charge on any atom is 0.416 e. The molecule has 2 aromatic rings. The molecule has 9 heteroatoms.